The lowest BCUT2D eigenvalue weighted by Crippen LogP contribution is -2.39. The van der Waals surface area contributed by atoms with Crippen LogP contribution in [-0.2, 0) is 28.6 Å². The second-order valence-corrected chi connectivity index (χ2v) is 4.20. The van der Waals surface area contributed by atoms with Gasteiger partial charge in [0.25, 0.3) is 0 Å². The molecule has 0 aliphatic rings. The van der Waals surface area contributed by atoms with Gasteiger partial charge in [0.15, 0.2) is 5.92 Å². The predicted molar refractivity (Wildman–Crippen MR) is 71.7 cm³/mol. The topological polar surface area (TPSA) is 103 Å². The summed E-state index contributed by atoms with van der Waals surface area (Å²) in [7, 11) is 0. The van der Waals surface area contributed by atoms with Crippen LogP contribution in [0.4, 0.5) is 0 Å². The SMILES string of the molecule is CCOC(=O)C(C#N)C(C)C(C(=O)OCC)C(=O)OCC. The third kappa shape index (κ3) is 5.42. The van der Waals surface area contributed by atoms with E-state index in [-0.39, 0.29) is 19.8 Å². The summed E-state index contributed by atoms with van der Waals surface area (Å²) in [5.74, 6) is -5.89. The Bertz CT molecular complexity index is 396. The minimum atomic E-state index is -1.33. The van der Waals surface area contributed by atoms with Gasteiger partial charge in [-0.05, 0) is 20.8 Å². The largest absolute Gasteiger partial charge is 0.465 e. The molecular formula is C14H21NO6. The highest BCUT2D eigenvalue weighted by Gasteiger charge is 2.42. The van der Waals surface area contributed by atoms with Crippen LogP contribution in [0, 0.1) is 29.1 Å². The standard InChI is InChI=1S/C14H21NO6/c1-5-19-12(16)10(8-15)9(4)11(13(17)20-6-2)14(18)21-7-3/h9-11H,5-7H2,1-4H3. The van der Waals surface area contributed by atoms with Crippen molar-refractivity contribution in [2.45, 2.75) is 27.7 Å². The van der Waals surface area contributed by atoms with Crippen molar-refractivity contribution >= 4 is 17.9 Å². The van der Waals surface area contributed by atoms with E-state index < -0.39 is 35.7 Å². The van der Waals surface area contributed by atoms with Crippen LogP contribution >= 0.6 is 0 Å². The summed E-state index contributed by atoms with van der Waals surface area (Å²) < 4.78 is 14.4. The van der Waals surface area contributed by atoms with Gasteiger partial charge in [-0.25, -0.2) is 0 Å². The maximum Gasteiger partial charge on any atom is 0.323 e. The van der Waals surface area contributed by atoms with Crippen molar-refractivity contribution in [3.05, 3.63) is 0 Å². The van der Waals surface area contributed by atoms with Gasteiger partial charge >= 0.3 is 17.9 Å². The lowest BCUT2D eigenvalue weighted by Gasteiger charge is -2.23. The molecule has 0 aliphatic heterocycles. The molecule has 118 valence electrons. The molecule has 0 saturated heterocycles. The fourth-order valence-corrected chi connectivity index (χ4v) is 1.80. The fourth-order valence-electron chi connectivity index (χ4n) is 1.80. The number of esters is 3. The van der Waals surface area contributed by atoms with E-state index in [1.54, 1.807) is 26.8 Å². The molecular weight excluding hydrogens is 278 g/mol. The van der Waals surface area contributed by atoms with Gasteiger partial charge in [0.05, 0.1) is 25.9 Å². The third-order valence-corrected chi connectivity index (χ3v) is 2.81. The summed E-state index contributed by atoms with van der Waals surface area (Å²) in [6, 6.07) is 1.77. The monoisotopic (exact) mass is 299 g/mol. The quantitative estimate of drug-likeness (QED) is 0.375. The number of hydrogen-bond donors (Lipinski definition) is 0. The Hall–Kier alpha value is -2.10. The van der Waals surface area contributed by atoms with Gasteiger partial charge in [0, 0.05) is 5.92 Å². The minimum Gasteiger partial charge on any atom is -0.465 e. The van der Waals surface area contributed by atoms with E-state index in [1.807, 2.05) is 0 Å². The second kappa shape index (κ2) is 9.75. The number of nitriles is 1. The Labute approximate surface area is 124 Å². The lowest BCUT2D eigenvalue weighted by atomic mass is 9.83. The van der Waals surface area contributed by atoms with Crippen molar-refractivity contribution in [1.29, 1.82) is 5.26 Å². The Morgan fingerprint density at radius 1 is 0.905 bits per heavy atom. The Morgan fingerprint density at radius 2 is 1.29 bits per heavy atom. The van der Waals surface area contributed by atoms with Crippen molar-refractivity contribution in [2.24, 2.45) is 17.8 Å². The minimum absolute atomic E-state index is 0.0814. The van der Waals surface area contributed by atoms with E-state index in [0.29, 0.717) is 0 Å². The smallest absolute Gasteiger partial charge is 0.323 e. The van der Waals surface area contributed by atoms with Gasteiger partial charge in [-0.15, -0.1) is 0 Å². The van der Waals surface area contributed by atoms with Gasteiger partial charge in [-0.2, -0.15) is 5.26 Å². The van der Waals surface area contributed by atoms with Crippen LogP contribution in [0.1, 0.15) is 27.7 Å². The highest BCUT2D eigenvalue weighted by molar-refractivity contribution is 5.96. The van der Waals surface area contributed by atoms with E-state index in [4.69, 9.17) is 19.5 Å². The number of ether oxygens (including phenoxy) is 3. The van der Waals surface area contributed by atoms with E-state index >= 15 is 0 Å². The first-order valence-corrected chi connectivity index (χ1v) is 6.83. The van der Waals surface area contributed by atoms with Crippen molar-refractivity contribution < 1.29 is 28.6 Å². The van der Waals surface area contributed by atoms with Gasteiger partial charge in [-0.1, -0.05) is 6.92 Å². The van der Waals surface area contributed by atoms with Crippen LogP contribution < -0.4 is 0 Å². The predicted octanol–water partition coefficient (Wildman–Crippen LogP) is 1.07. The molecule has 0 aromatic carbocycles. The molecule has 0 rings (SSSR count). The lowest BCUT2D eigenvalue weighted by molar-refractivity contribution is -0.166. The number of rotatable bonds is 8. The van der Waals surface area contributed by atoms with Crippen molar-refractivity contribution in [1.82, 2.24) is 0 Å². The molecule has 7 nitrogen and oxygen atoms in total. The summed E-state index contributed by atoms with van der Waals surface area (Å²) in [4.78, 5) is 35.6. The third-order valence-electron chi connectivity index (χ3n) is 2.81. The van der Waals surface area contributed by atoms with Gasteiger partial charge in [0.1, 0.15) is 5.92 Å². The van der Waals surface area contributed by atoms with Crippen LogP contribution in [0.5, 0.6) is 0 Å². The Kier molecular flexibility index (Phi) is 8.77. The molecule has 0 spiro atoms. The first-order chi connectivity index (χ1) is 9.94. The Balaban J connectivity index is 5.29. The van der Waals surface area contributed by atoms with Crippen LogP contribution in [0.15, 0.2) is 0 Å². The normalized spacial score (nSPS) is 13.0. The zero-order chi connectivity index (χ0) is 16.4. The molecule has 0 N–H and O–H groups in total. The number of nitrogens with zero attached hydrogens (tertiary/aromatic N) is 1. The molecule has 0 saturated carbocycles. The molecule has 0 fully saturated rings. The summed E-state index contributed by atoms with van der Waals surface area (Å²) in [5, 5.41) is 9.11. The zero-order valence-corrected chi connectivity index (χ0v) is 12.8. The van der Waals surface area contributed by atoms with Crippen LogP contribution in [0.2, 0.25) is 0 Å². The van der Waals surface area contributed by atoms with Gasteiger partial charge in [-0.3, -0.25) is 14.4 Å². The van der Waals surface area contributed by atoms with Crippen LogP contribution in [-0.4, -0.2) is 37.7 Å². The molecule has 2 atom stereocenters. The summed E-state index contributed by atoms with van der Waals surface area (Å²) >= 11 is 0. The number of carbonyl (C=O) groups is 3. The average Bonchev–Trinajstić information content (AvgIpc) is 2.40. The van der Waals surface area contributed by atoms with E-state index in [2.05, 4.69) is 0 Å². The molecule has 2 unspecified atom stereocenters. The number of carbonyl (C=O) groups excluding carboxylic acids is 3. The molecule has 0 radical (unpaired) electrons. The van der Waals surface area contributed by atoms with Crippen molar-refractivity contribution in [3.63, 3.8) is 0 Å². The molecule has 7 heteroatoms. The average molecular weight is 299 g/mol. The van der Waals surface area contributed by atoms with Crippen molar-refractivity contribution in [2.75, 3.05) is 19.8 Å². The fraction of sp³-hybridized carbons (Fsp3) is 0.714. The molecule has 0 heterocycles. The van der Waals surface area contributed by atoms with E-state index in [0.717, 1.165) is 0 Å². The van der Waals surface area contributed by atoms with E-state index in [9.17, 15) is 14.4 Å². The maximum absolute atomic E-state index is 11.9. The molecule has 0 aromatic heterocycles. The van der Waals surface area contributed by atoms with Crippen molar-refractivity contribution in [3.8, 4) is 6.07 Å². The van der Waals surface area contributed by atoms with Gasteiger partial charge in [0.2, 0.25) is 0 Å². The molecule has 0 aromatic rings. The molecule has 21 heavy (non-hydrogen) atoms. The summed E-state index contributed by atoms with van der Waals surface area (Å²) in [6.07, 6.45) is 0. The zero-order valence-electron chi connectivity index (χ0n) is 12.8. The highest BCUT2D eigenvalue weighted by atomic mass is 16.6. The highest BCUT2D eigenvalue weighted by Crippen LogP contribution is 2.25. The first-order valence-electron chi connectivity index (χ1n) is 6.83. The van der Waals surface area contributed by atoms with Gasteiger partial charge < -0.3 is 14.2 Å². The molecule has 0 aliphatic carbocycles. The van der Waals surface area contributed by atoms with Crippen LogP contribution in [0.3, 0.4) is 0 Å². The summed E-state index contributed by atoms with van der Waals surface area (Å²) in [5.41, 5.74) is 0. The Morgan fingerprint density at radius 3 is 1.62 bits per heavy atom. The molecule has 0 bridgehead atoms. The van der Waals surface area contributed by atoms with Crippen LogP contribution in [0.25, 0.3) is 0 Å². The van der Waals surface area contributed by atoms with E-state index in [1.165, 1.54) is 6.92 Å². The second-order valence-electron chi connectivity index (χ2n) is 4.20. The maximum atomic E-state index is 11.9. The first kappa shape index (κ1) is 18.9. The molecule has 0 amide bonds. The summed E-state index contributed by atoms with van der Waals surface area (Å²) in [6.45, 7) is 6.51. The number of hydrogen-bond acceptors (Lipinski definition) is 7.